The SMILES string of the molecule is CCCCc1ccc2c(F)c(C3CCc4cc(C#N)ccc4C3)ccc2c1. The standard InChI is InChI=1S/C25H24FN/c1-2-3-4-17-6-11-23-21(13-17)10-12-24(25(23)26)22-9-8-19-14-18(16-27)5-7-20(19)15-22/h5-7,10-14,22H,2-4,8-9,15H2,1H3. The zero-order valence-corrected chi connectivity index (χ0v) is 15.8. The molecule has 1 unspecified atom stereocenters. The van der Waals surface area contributed by atoms with Crippen LogP contribution in [0.15, 0.2) is 48.5 Å². The maximum Gasteiger partial charge on any atom is 0.134 e. The maximum atomic E-state index is 15.3. The van der Waals surface area contributed by atoms with E-state index in [2.05, 4.69) is 31.2 Å². The summed E-state index contributed by atoms with van der Waals surface area (Å²) in [5.41, 5.74) is 5.32. The van der Waals surface area contributed by atoms with Gasteiger partial charge in [-0.3, -0.25) is 0 Å². The molecule has 1 aliphatic carbocycles. The van der Waals surface area contributed by atoms with Crippen LogP contribution in [-0.4, -0.2) is 0 Å². The second kappa shape index (κ2) is 7.53. The third-order valence-electron chi connectivity index (χ3n) is 5.87. The number of benzene rings is 3. The van der Waals surface area contributed by atoms with Gasteiger partial charge in [-0.1, -0.05) is 49.7 Å². The summed E-state index contributed by atoms with van der Waals surface area (Å²) < 4.78 is 15.3. The summed E-state index contributed by atoms with van der Waals surface area (Å²) >= 11 is 0. The molecule has 0 saturated carbocycles. The van der Waals surface area contributed by atoms with Crippen LogP contribution in [0, 0.1) is 17.1 Å². The van der Waals surface area contributed by atoms with Crippen molar-refractivity contribution in [3.8, 4) is 6.07 Å². The summed E-state index contributed by atoms with van der Waals surface area (Å²) in [6.45, 7) is 2.19. The predicted molar refractivity (Wildman–Crippen MR) is 108 cm³/mol. The van der Waals surface area contributed by atoms with Gasteiger partial charge in [0.15, 0.2) is 0 Å². The van der Waals surface area contributed by atoms with Crippen molar-refractivity contribution in [1.29, 1.82) is 5.26 Å². The van der Waals surface area contributed by atoms with Gasteiger partial charge in [-0.15, -0.1) is 0 Å². The summed E-state index contributed by atoms with van der Waals surface area (Å²) in [5, 5.41) is 10.8. The van der Waals surface area contributed by atoms with Gasteiger partial charge >= 0.3 is 0 Å². The summed E-state index contributed by atoms with van der Waals surface area (Å²) in [4.78, 5) is 0. The van der Waals surface area contributed by atoms with Crippen LogP contribution in [0.3, 0.4) is 0 Å². The van der Waals surface area contributed by atoms with E-state index in [1.807, 2.05) is 30.3 Å². The number of nitrogens with zero attached hydrogens (tertiary/aromatic N) is 1. The summed E-state index contributed by atoms with van der Waals surface area (Å²) in [5.74, 6) is 0.145. The molecule has 2 heteroatoms. The predicted octanol–water partition coefficient (Wildman–Crippen LogP) is 6.47. The number of aryl methyl sites for hydroxylation is 2. The smallest absolute Gasteiger partial charge is 0.134 e. The molecule has 0 heterocycles. The molecule has 3 aromatic rings. The molecule has 1 atom stereocenters. The lowest BCUT2D eigenvalue weighted by Gasteiger charge is -2.26. The van der Waals surface area contributed by atoms with Crippen LogP contribution >= 0.6 is 0 Å². The summed E-state index contributed by atoms with van der Waals surface area (Å²) in [7, 11) is 0. The Balaban J connectivity index is 1.64. The first-order chi connectivity index (χ1) is 13.2. The van der Waals surface area contributed by atoms with Gasteiger partial charge < -0.3 is 0 Å². The van der Waals surface area contributed by atoms with E-state index in [1.165, 1.54) is 29.5 Å². The maximum absolute atomic E-state index is 15.3. The fraction of sp³-hybridized carbons (Fsp3) is 0.320. The molecule has 0 fully saturated rings. The van der Waals surface area contributed by atoms with Gasteiger partial charge in [-0.2, -0.15) is 5.26 Å². The molecule has 0 aliphatic heterocycles. The zero-order valence-electron chi connectivity index (χ0n) is 15.8. The Morgan fingerprint density at radius 3 is 2.78 bits per heavy atom. The minimum atomic E-state index is -0.0587. The van der Waals surface area contributed by atoms with Gasteiger partial charge in [-0.05, 0) is 77.8 Å². The monoisotopic (exact) mass is 357 g/mol. The highest BCUT2D eigenvalue weighted by molar-refractivity contribution is 5.84. The van der Waals surface area contributed by atoms with Crippen LogP contribution in [0.1, 0.15) is 59.9 Å². The third kappa shape index (κ3) is 3.47. The van der Waals surface area contributed by atoms with Crippen molar-refractivity contribution in [2.24, 2.45) is 0 Å². The van der Waals surface area contributed by atoms with Gasteiger partial charge in [0.1, 0.15) is 5.82 Å². The van der Waals surface area contributed by atoms with Crippen molar-refractivity contribution < 1.29 is 4.39 Å². The Hall–Kier alpha value is -2.66. The lowest BCUT2D eigenvalue weighted by atomic mass is 9.79. The van der Waals surface area contributed by atoms with Crippen LogP contribution < -0.4 is 0 Å². The highest BCUT2D eigenvalue weighted by atomic mass is 19.1. The lowest BCUT2D eigenvalue weighted by Crippen LogP contribution is -2.14. The van der Waals surface area contributed by atoms with Crippen LogP contribution in [0.5, 0.6) is 0 Å². The highest BCUT2D eigenvalue weighted by Gasteiger charge is 2.23. The van der Waals surface area contributed by atoms with E-state index in [-0.39, 0.29) is 11.7 Å². The second-order valence-corrected chi connectivity index (χ2v) is 7.66. The average Bonchev–Trinajstić information content (AvgIpc) is 2.71. The molecule has 1 aliphatic rings. The molecule has 0 saturated heterocycles. The molecule has 0 aromatic heterocycles. The van der Waals surface area contributed by atoms with Crippen molar-refractivity contribution in [3.05, 3.63) is 82.2 Å². The molecule has 0 radical (unpaired) electrons. The van der Waals surface area contributed by atoms with E-state index in [0.717, 1.165) is 42.0 Å². The molecular weight excluding hydrogens is 333 g/mol. The van der Waals surface area contributed by atoms with Crippen LogP contribution in [-0.2, 0) is 19.3 Å². The average molecular weight is 357 g/mol. The number of halogens is 1. The van der Waals surface area contributed by atoms with Crippen molar-refractivity contribution in [1.82, 2.24) is 0 Å². The Kier molecular flexibility index (Phi) is 4.94. The Labute approximate surface area is 160 Å². The molecular formula is C25H24FN. The van der Waals surface area contributed by atoms with Gasteiger partial charge in [0.05, 0.1) is 11.6 Å². The van der Waals surface area contributed by atoms with E-state index in [9.17, 15) is 0 Å². The molecule has 27 heavy (non-hydrogen) atoms. The van der Waals surface area contributed by atoms with E-state index in [4.69, 9.17) is 5.26 Å². The van der Waals surface area contributed by atoms with Crippen LogP contribution in [0.2, 0.25) is 0 Å². The van der Waals surface area contributed by atoms with Gasteiger partial charge in [0.2, 0.25) is 0 Å². The zero-order chi connectivity index (χ0) is 18.8. The highest BCUT2D eigenvalue weighted by Crippen LogP contribution is 2.36. The normalized spacial score (nSPS) is 16.1. The molecule has 0 bridgehead atoms. The number of unbranched alkanes of at least 4 members (excludes halogenated alkanes) is 1. The number of nitriles is 1. The van der Waals surface area contributed by atoms with E-state index in [1.54, 1.807) is 0 Å². The molecule has 0 amide bonds. The molecule has 4 rings (SSSR count). The van der Waals surface area contributed by atoms with Crippen molar-refractivity contribution in [2.75, 3.05) is 0 Å². The van der Waals surface area contributed by atoms with Gasteiger partial charge in [0.25, 0.3) is 0 Å². The fourth-order valence-electron chi connectivity index (χ4n) is 4.30. The van der Waals surface area contributed by atoms with Crippen LogP contribution in [0.25, 0.3) is 10.8 Å². The van der Waals surface area contributed by atoms with Crippen molar-refractivity contribution in [3.63, 3.8) is 0 Å². The van der Waals surface area contributed by atoms with E-state index >= 15 is 4.39 Å². The number of fused-ring (bicyclic) bond motifs is 2. The Bertz CT molecular complexity index is 1030. The quantitative estimate of drug-likeness (QED) is 0.525. The Morgan fingerprint density at radius 2 is 1.96 bits per heavy atom. The summed E-state index contributed by atoms with van der Waals surface area (Å²) in [6, 6.07) is 18.3. The minimum absolute atomic E-state index is 0.0587. The number of hydrogen-bond acceptors (Lipinski definition) is 1. The second-order valence-electron chi connectivity index (χ2n) is 7.66. The van der Waals surface area contributed by atoms with Crippen LogP contribution in [0.4, 0.5) is 4.39 Å². The number of hydrogen-bond donors (Lipinski definition) is 0. The van der Waals surface area contributed by atoms with E-state index in [0.29, 0.717) is 5.56 Å². The minimum Gasteiger partial charge on any atom is -0.206 e. The topological polar surface area (TPSA) is 23.8 Å². The summed E-state index contributed by atoms with van der Waals surface area (Å²) in [6.07, 6.45) is 6.07. The first kappa shape index (κ1) is 17.7. The lowest BCUT2D eigenvalue weighted by molar-refractivity contribution is 0.539. The van der Waals surface area contributed by atoms with Gasteiger partial charge in [-0.25, -0.2) is 4.39 Å². The van der Waals surface area contributed by atoms with Crippen molar-refractivity contribution >= 4 is 10.8 Å². The molecule has 0 spiro atoms. The fourth-order valence-corrected chi connectivity index (χ4v) is 4.30. The first-order valence-electron chi connectivity index (χ1n) is 9.92. The molecule has 1 nitrogen and oxygen atoms in total. The van der Waals surface area contributed by atoms with Gasteiger partial charge in [0, 0.05) is 5.39 Å². The largest absolute Gasteiger partial charge is 0.206 e. The third-order valence-corrected chi connectivity index (χ3v) is 5.87. The van der Waals surface area contributed by atoms with E-state index < -0.39 is 0 Å². The first-order valence-corrected chi connectivity index (χ1v) is 9.92. The molecule has 3 aromatic carbocycles. The Morgan fingerprint density at radius 1 is 1.07 bits per heavy atom. The molecule has 136 valence electrons. The number of rotatable bonds is 4. The van der Waals surface area contributed by atoms with Crippen molar-refractivity contribution in [2.45, 2.75) is 51.4 Å². The molecule has 0 N–H and O–H groups in total.